The van der Waals surface area contributed by atoms with E-state index in [0.29, 0.717) is 21.9 Å². The number of H-pyrrole nitrogens is 1. The summed E-state index contributed by atoms with van der Waals surface area (Å²) < 4.78 is 10.7. The first kappa shape index (κ1) is 24.8. The summed E-state index contributed by atoms with van der Waals surface area (Å²) in [6.45, 7) is 5.61. The van der Waals surface area contributed by atoms with Gasteiger partial charge in [0, 0.05) is 15.8 Å². The number of nitrogens with zero attached hydrogens (tertiary/aromatic N) is 1. The van der Waals surface area contributed by atoms with Gasteiger partial charge in [0.05, 0.1) is 30.5 Å². The van der Waals surface area contributed by atoms with E-state index in [1.165, 1.54) is 11.3 Å². The predicted octanol–water partition coefficient (Wildman–Crippen LogP) is 6.24. The van der Waals surface area contributed by atoms with Crippen LogP contribution in [0.5, 0.6) is 5.75 Å². The van der Waals surface area contributed by atoms with Crippen LogP contribution in [0.1, 0.15) is 33.3 Å². The molecule has 2 aromatic heterocycles. The number of aromatic nitrogens is 1. The largest absolute Gasteiger partial charge is 0.495 e. The molecule has 0 radical (unpaired) electrons. The minimum Gasteiger partial charge on any atom is -0.495 e. The van der Waals surface area contributed by atoms with Crippen molar-refractivity contribution in [3.8, 4) is 23.1 Å². The topological polar surface area (TPSA) is 104 Å². The maximum atomic E-state index is 13.2. The van der Waals surface area contributed by atoms with Gasteiger partial charge in [-0.3, -0.25) is 4.79 Å². The number of nitriles is 1. The lowest BCUT2D eigenvalue weighted by Crippen LogP contribution is -2.16. The Morgan fingerprint density at radius 2 is 1.89 bits per heavy atom. The van der Waals surface area contributed by atoms with Gasteiger partial charge in [0.15, 0.2) is 0 Å². The highest BCUT2D eigenvalue weighted by molar-refractivity contribution is 7.16. The molecule has 0 unspecified atom stereocenters. The van der Waals surface area contributed by atoms with E-state index in [0.717, 1.165) is 32.6 Å². The van der Waals surface area contributed by atoms with Gasteiger partial charge >= 0.3 is 5.97 Å². The smallest absolute Gasteiger partial charge is 0.341 e. The number of thiophene rings is 1. The second kappa shape index (κ2) is 10.5. The Bertz CT molecular complexity index is 1520. The number of aromatic amines is 1. The molecule has 0 aliphatic heterocycles. The van der Waals surface area contributed by atoms with Gasteiger partial charge in [0.25, 0.3) is 5.91 Å². The van der Waals surface area contributed by atoms with E-state index in [2.05, 4.69) is 10.3 Å². The Kier molecular flexibility index (Phi) is 7.23. The predicted molar refractivity (Wildman–Crippen MR) is 142 cm³/mol. The number of anilines is 1. The fourth-order valence-electron chi connectivity index (χ4n) is 3.99. The molecule has 2 heterocycles. The Hall–Kier alpha value is -4.35. The zero-order valence-corrected chi connectivity index (χ0v) is 21.2. The molecule has 0 fully saturated rings. The molecular formula is C28H25N3O4S. The lowest BCUT2D eigenvalue weighted by Gasteiger charge is -2.07. The number of ether oxygens (including phenoxy) is 2. The van der Waals surface area contributed by atoms with Gasteiger partial charge in [-0.15, -0.1) is 11.3 Å². The van der Waals surface area contributed by atoms with Gasteiger partial charge in [0.2, 0.25) is 0 Å². The number of rotatable bonds is 7. The molecule has 36 heavy (non-hydrogen) atoms. The van der Waals surface area contributed by atoms with E-state index >= 15 is 0 Å². The van der Waals surface area contributed by atoms with Crippen molar-refractivity contribution in [1.82, 2.24) is 4.98 Å². The van der Waals surface area contributed by atoms with Gasteiger partial charge in [-0.25, -0.2) is 4.79 Å². The molecule has 2 N–H and O–H groups in total. The van der Waals surface area contributed by atoms with Gasteiger partial charge in [-0.2, -0.15) is 5.26 Å². The van der Waals surface area contributed by atoms with Gasteiger partial charge in [0.1, 0.15) is 22.4 Å². The summed E-state index contributed by atoms with van der Waals surface area (Å²) in [7, 11) is 1.59. The maximum absolute atomic E-state index is 13.2. The van der Waals surface area contributed by atoms with Crippen LogP contribution in [0.3, 0.4) is 0 Å². The van der Waals surface area contributed by atoms with Crippen molar-refractivity contribution in [1.29, 1.82) is 5.26 Å². The number of hydrogen-bond donors (Lipinski definition) is 2. The summed E-state index contributed by atoms with van der Waals surface area (Å²) in [5.41, 5.74) is 4.05. The number of nitrogens with one attached hydrogen (secondary N) is 2. The minimum atomic E-state index is -0.611. The monoisotopic (exact) mass is 499 g/mol. The second-order valence-corrected chi connectivity index (χ2v) is 9.22. The Balaban J connectivity index is 1.81. The van der Waals surface area contributed by atoms with Crippen LogP contribution in [0.4, 0.5) is 5.00 Å². The van der Waals surface area contributed by atoms with Crippen LogP contribution in [0.25, 0.3) is 28.2 Å². The molecule has 0 aliphatic rings. The molecule has 0 spiro atoms. The molecular weight excluding hydrogens is 474 g/mol. The minimum absolute atomic E-state index is 0.102. The quantitative estimate of drug-likeness (QED) is 0.178. The lowest BCUT2D eigenvalue weighted by molar-refractivity contribution is -0.112. The summed E-state index contributed by atoms with van der Waals surface area (Å²) in [6, 6.07) is 17.3. The molecule has 1 amide bonds. The number of para-hydroxylation sites is 1. The highest BCUT2D eigenvalue weighted by Gasteiger charge is 2.24. The zero-order valence-electron chi connectivity index (χ0n) is 20.4. The van der Waals surface area contributed by atoms with Crippen LogP contribution in [0.15, 0.2) is 54.1 Å². The standard InChI is InChI=1S/C28H25N3O4S/c1-5-35-28(33)23-16(2)17(3)36-27(23)31-26(32)19(15-29)14-21-20-12-9-13-22(34-4)25(20)30-24(21)18-10-7-6-8-11-18/h6-14,30H,5H2,1-4H3,(H,31,32)/b19-14+. The number of carbonyl (C=O) groups excluding carboxylic acids is 2. The van der Waals surface area contributed by atoms with Crippen LogP contribution in [-0.2, 0) is 9.53 Å². The molecule has 0 saturated heterocycles. The molecule has 182 valence electrons. The molecule has 0 saturated carbocycles. The lowest BCUT2D eigenvalue weighted by atomic mass is 10.0. The zero-order chi connectivity index (χ0) is 25.8. The van der Waals surface area contributed by atoms with Crippen molar-refractivity contribution in [3.63, 3.8) is 0 Å². The van der Waals surface area contributed by atoms with Crippen LogP contribution in [0.2, 0.25) is 0 Å². The molecule has 4 rings (SSSR count). The third kappa shape index (κ3) is 4.61. The summed E-state index contributed by atoms with van der Waals surface area (Å²) in [5.74, 6) is -0.469. The fraction of sp³-hybridized carbons (Fsp3) is 0.179. The molecule has 2 aromatic carbocycles. The first-order valence-corrected chi connectivity index (χ1v) is 12.2. The third-order valence-corrected chi connectivity index (χ3v) is 6.99. The van der Waals surface area contributed by atoms with Crippen LogP contribution >= 0.6 is 11.3 Å². The average molecular weight is 500 g/mol. The highest BCUT2D eigenvalue weighted by atomic mass is 32.1. The number of methoxy groups -OCH3 is 1. The number of esters is 1. The van der Waals surface area contributed by atoms with Gasteiger partial charge in [-0.1, -0.05) is 42.5 Å². The number of carbonyl (C=O) groups is 2. The van der Waals surface area contributed by atoms with E-state index in [-0.39, 0.29) is 12.2 Å². The normalized spacial score (nSPS) is 11.2. The first-order chi connectivity index (χ1) is 17.4. The number of hydrogen-bond acceptors (Lipinski definition) is 6. The van der Waals surface area contributed by atoms with Crippen LogP contribution in [-0.4, -0.2) is 30.6 Å². The molecule has 7 nitrogen and oxygen atoms in total. The molecule has 8 heteroatoms. The molecule has 0 bridgehead atoms. The van der Waals surface area contributed by atoms with E-state index in [4.69, 9.17) is 9.47 Å². The Morgan fingerprint density at radius 3 is 2.56 bits per heavy atom. The highest BCUT2D eigenvalue weighted by Crippen LogP contribution is 2.37. The summed E-state index contributed by atoms with van der Waals surface area (Å²) in [5, 5.41) is 13.9. The van der Waals surface area contributed by atoms with Crippen molar-refractivity contribution >= 4 is 45.2 Å². The number of benzene rings is 2. The number of fused-ring (bicyclic) bond motifs is 1. The van der Waals surface area contributed by atoms with Crippen LogP contribution < -0.4 is 10.1 Å². The summed E-state index contributed by atoms with van der Waals surface area (Å²) >= 11 is 1.27. The van der Waals surface area contributed by atoms with E-state index in [1.807, 2.05) is 61.5 Å². The molecule has 0 aliphatic carbocycles. The number of aryl methyl sites for hydroxylation is 1. The van der Waals surface area contributed by atoms with Crippen molar-refractivity contribution in [2.45, 2.75) is 20.8 Å². The fourth-order valence-corrected chi connectivity index (χ4v) is 5.04. The van der Waals surface area contributed by atoms with Gasteiger partial charge < -0.3 is 19.8 Å². The summed E-state index contributed by atoms with van der Waals surface area (Å²) in [4.78, 5) is 30.0. The first-order valence-electron chi connectivity index (χ1n) is 11.3. The SMILES string of the molecule is CCOC(=O)c1c(NC(=O)/C(C#N)=C/c2c(-c3ccccc3)[nH]c3c(OC)cccc23)sc(C)c1C. The molecule has 4 aromatic rings. The van der Waals surface area contributed by atoms with Crippen molar-refractivity contribution in [3.05, 3.63) is 75.7 Å². The van der Waals surface area contributed by atoms with E-state index < -0.39 is 11.9 Å². The van der Waals surface area contributed by atoms with E-state index in [1.54, 1.807) is 27.0 Å². The Morgan fingerprint density at radius 1 is 1.14 bits per heavy atom. The van der Waals surface area contributed by atoms with Crippen molar-refractivity contribution in [2.75, 3.05) is 19.0 Å². The maximum Gasteiger partial charge on any atom is 0.341 e. The van der Waals surface area contributed by atoms with Crippen molar-refractivity contribution < 1.29 is 19.1 Å². The van der Waals surface area contributed by atoms with E-state index in [9.17, 15) is 14.9 Å². The average Bonchev–Trinajstić information content (AvgIpc) is 3.39. The van der Waals surface area contributed by atoms with Crippen LogP contribution in [0, 0.1) is 25.2 Å². The Labute approximate surface area is 213 Å². The van der Waals surface area contributed by atoms with Gasteiger partial charge in [-0.05, 0) is 44.0 Å². The summed E-state index contributed by atoms with van der Waals surface area (Å²) in [6.07, 6.45) is 1.56. The number of amides is 1. The van der Waals surface area contributed by atoms with Crippen molar-refractivity contribution in [2.24, 2.45) is 0 Å². The molecule has 0 atom stereocenters. The second-order valence-electron chi connectivity index (χ2n) is 7.99. The third-order valence-electron chi connectivity index (χ3n) is 5.86.